The highest BCUT2D eigenvalue weighted by atomic mass is 32.2. The summed E-state index contributed by atoms with van der Waals surface area (Å²) >= 11 is 1.69. The van der Waals surface area contributed by atoms with E-state index < -0.39 is 5.60 Å². The van der Waals surface area contributed by atoms with Gasteiger partial charge in [-0.1, -0.05) is 18.2 Å². The summed E-state index contributed by atoms with van der Waals surface area (Å²) in [6.07, 6.45) is 5.59. The Bertz CT molecular complexity index is 370. The predicted molar refractivity (Wildman–Crippen MR) is 67.7 cm³/mol. The number of aryl methyl sites for hydroxylation is 1. The first kappa shape index (κ1) is 12.9. The fraction of sp³-hybridized carbons (Fsp3) is 0.818. The highest BCUT2D eigenvalue weighted by molar-refractivity contribution is 7.99. The van der Waals surface area contributed by atoms with Crippen LogP contribution in [0.15, 0.2) is 11.5 Å². The summed E-state index contributed by atoms with van der Waals surface area (Å²) < 4.78 is 1.77. The number of thioether (sulfide) groups is 1. The second-order valence-electron chi connectivity index (χ2n) is 4.70. The molecular weight excluding hydrogens is 236 g/mol. The lowest BCUT2D eigenvalue weighted by Gasteiger charge is -2.28. The van der Waals surface area contributed by atoms with Gasteiger partial charge in [-0.2, -0.15) is 5.10 Å². The summed E-state index contributed by atoms with van der Waals surface area (Å²) in [6, 6.07) is 0. The van der Waals surface area contributed by atoms with Crippen molar-refractivity contribution in [2.24, 2.45) is 18.7 Å². The maximum Gasteiger partial charge on any atom is 0.185 e. The van der Waals surface area contributed by atoms with Gasteiger partial charge in [0.25, 0.3) is 0 Å². The van der Waals surface area contributed by atoms with Crippen LogP contribution in [0, 0.1) is 5.92 Å². The Kier molecular flexibility index (Phi) is 4.06. The number of rotatable bonds is 5. The minimum atomic E-state index is -0.625. The average molecular weight is 256 g/mol. The molecule has 2 unspecified atom stereocenters. The van der Waals surface area contributed by atoms with Crippen molar-refractivity contribution in [1.29, 1.82) is 0 Å². The van der Waals surface area contributed by atoms with Crippen LogP contribution in [0.2, 0.25) is 0 Å². The highest BCUT2D eigenvalue weighted by Gasteiger charge is 2.39. The number of aromatic nitrogens is 3. The zero-order chi connectivity index (χ0) is 12.3. The Morgan fingerprint density at radius 1 is 1.71 bits per heavy atom. The van der Waals surface area contributed by atoms with Gasteiger partial charge in [0.15, 0.2) is 5.16 Å². The molecule has 96 valence electrons. The van der Waals surface area contributed by atoms with E-state index in [0.29, 0.717) is 12.5 Å². The third-order valence-electron chi connectivity index (χ3n) is 3.64. The van der Waals surface area contributed by atoms with Gasteiger partial charge in [0.1, 0.15) is 6.33 Å². The molecule has 0 saturated heterocycles. The molecule has 0 aliphatic heterocycles. The Morgan fingerprint density at radius 2 is 2.53 bits per heavy atom. The maximum absolute atomic E-state index is 10.3. The largest absolute Gasteiger partial charge is 0.388 e. The van der Waals surface area contributed by atoms with Crippen molar-refractivity contribution in [2.45, 2.75) is 36.4 Å². The lowest BCUT2D eigenvalue weighted by atomic mass is 9.89. The molecule has 1 aliphatic carbocycles. The minimum Gasteiger partial charge on any atom is -0.388 e. The van der Waals surface area contributed by atoms with E-state index in [1.165, 1.54) is 0 Å². The zero-order valence-electron chi connectivity index (χ0n) is 10.2. The molecule has 1 aliphatic rings. The molecule has 1 heterocycles. The molecule has 1 fully saturated rings. The van der Waals surface area contributed by atoms with Crippen molar-refractivity contribution in [1.82, 2.24) is 14.8 Å². The molecule has 1 saturated carbocycles. The first-order chi connectivity index (χ1) is 8.15. The van der Waals surface area contributed by atoms with Crippen LogP contribution in [0.3, 0.4) is 0 Å². The molecule has 0 bridgehead atoms. The summed E-state index contributed by atoms with van der Waals surface area (Å²) in [5.74, 6) is 1.30. The van der Waals surface area contributed by atoms with Crippen LogP contribution in [0.5, 0.6) is 0 Å². The molecule has 0 spiro atoms. The molecule has 6 heteroatoms. The second kappa shape index (κ2) is 5.37. The number of hydrogen-bond acceptors (Lipinski definition) is 5. The van der Waals surface area contributed by atoms with Gasteiger partial charge in [-0.15, -0.1) is 0 Å². The average Bonchev–Trinajstić information content (AvgIpc) is 2.88. The lowest BCUT2D eigenvalue weighted by Crippen LogP contribution is -2.41. The van der Waals surface area contributed by atoms with Gasteiger partial charge >= 0.3 is 0 Å². The topological polar surface area (TPSA) is 77.0 Å². The standard InChI is InChI=1S/C11H20N4OS/c1-15-10(13-8-14-15)17-6-4-9-3-2-5-11(9,16)7-12/h8-9,16H,2-7,12H2,1H3. The maximum atomic E-state index is 10.3. The number of aliphatic hydroxyl groups is 1. The second-order valence-corrected chi connectivity index (χ2v) is 5.76. The van der Waals surface area contributed by atoms with Crippen LogP contribution < -0.4 is 5.73 Å². The summed E-state index contributed by atoms with van der Waals surface area (Å²) in [5, 5.41) is 15.3. The summed E-state index contributed by atoms with van der Waals surface area (Å²) in [4.78, 5) is 4.16. The third-order valence-corrected chi connectivity index (χ3v) is 4.71. The third kappa shape index (κ3) is 2.81. The predicted octanol–water partition coefficient (Wildman–Crippen LogP) is 0.787. The Labute approximate surface area is 106 Å². The molecule has 1 aromatic rings. The SMILES string of the molecule is Cn1ncnc1SCCC1CCCC1(O)CN. The van der Waals surface area contributed by atoms with Gasteiger partial charge < -0.3 is 10.8 Å². The van der Waals surface area contributed by atoms with Gasteiger partial charge in [-0.3, -0.25) is 0 Å². The fourth-order valence-electron chi connectivity index (χ4n) is 2.52. The van der Waals surface area contributed by atoms with Gasteiger partial charge in [-0.05, 0) is 25.2 Å². The fourth-order valence-corrected chi connectivity index (χ4v) is 3.46. The minimum absolute atomic E-state index is 0.341. The van der Waals surface area contributed by atoms with E-state index in [2.05, 4.69) is 10.1 Å². The normalized spacial score (nSPS) is 28.8. The van der Waals surface area contributed by atoms with Crippen molar-refractivity contribution in [3.8, 4) is 0 Å². The smallest absolute Gasteiger partial charge is 0.185 e. The summed E-state index contributed by atoms with van der Waals surface area (Å²) in [6.45, 7) is 0.381. The van der Waals surface area contributed by atoms with Crippen LogP contribution in [0.25, 0.3) is 0 Å². The van der Waals surface area contributed by atoms with E-state index in [0.717, 1.165) is 36.6 Å². The molecule has 0 radical (unpaired) electrons. The molecule has 3 N–H and O–H groups in total. The van der Waals surface area contributed by atoms with Crippen molar-refractivity contribution < 1.29 is 5.11 Å². The van der Waals surface area contributed by atoms with E-state index in [1.807, 2.05) is 7.05 Å². The molecule has 2 rings (SSSR count). The molecule has 5 nitrogen and oxygen atoms in total. The molecule has 0 aromatic carbocycles. The highest BCUT2D eigenvalue weighted by Crippen LogP contribution is 2.38. The van der Waals surface area contributed by atoms with E-state index >= 15 is 0 Å². The molecule has 2 atom stereocenters. The quantitative estimate of drug-likeness (QED) is 0.762. The van der Waals surface area contributed by atoms with Gasteiger partial charge in [0.05, 0.1) is 5.60 Å². The summed E-state index contributed by atoms with van der Waals surface area (Å²) in [5.41, 5.74) is 5.04. The van der Waals surface area contributed by atoms with Crippen LogP contribution >= 0.6 is 11.8 Å². The van der Waals surface area contributed by atoms with Crippen LogP contribution in [-0.4, -0.2) is 37.8 Å². The van der Waals surface area contributed by atoms with E-state index in [9.17, 15) is 5.11 Å². The van der Waals surface area contributed by atoms with E-state index in [1.54, 1.807) is 22.8 Å². The van der Waals surface area contributed by atoms with Crippen molar-refractivity contribution >= 4 is 11.8 Å². The van der Waals surface area contributed by atoms with Crippen molar-refractivity contribution in [3.05, 3.63) is 6.33 Å². The summed E-state index contributed by atoms with van der Waals surface area (Å²) in [7, 11) is 1.89. The number of hydrogen-bond donors (Lipinski definition) is 2. The zero-order valence-corrected chi connectivity index (χ0v) is 11.0. The number of nitrogens with zero attached hydrogens (tertiary/aromatic N) is 3. The van der Waals surface area contributed by atoms with Gasteiger partial charge in [0, 0.05) is 19.3 Å². The molecule has 17 heavy (non-hydrogen) atoms. The molecule has 1 aromatic heterocycles. The van der Waals surface area contributed by atoms with Crippen molar-refractivity contribution in [3.63, 3.8) is 0 Å². The van der Waals surface area contributed by atoms with E-state index in [4.69, 9.17) is 5.73 Å². The Balaban J connectivity index is 1.81. The van der Waals surface area contributed by atoms with E-state index in [-0.39, 0.29) is 0 Å². The van der Waals surface area contributed by atoms with Crippen LogP contribution in [-0.2, 0) is 7.05 Å². The first-order valence-electron chi connectivity index (χ1n) is 6.05. The van der Waals surface area contributed by atoms with Crippen LogP contribution in [0.4, 0.5) is 0 Å². The molecular formula is C11H20N4OS. The lowest BCUT2D eigenvalue weighted by molar-refractivity contribution is 0.0103. The molecule has 0 amide bonds. The van der Waals surface area contributed by atoms with Gasteiger partial charge in [0.2, 0.25) is 0 Å². The van der Waals surface area contributed by atoms with Crippen LogP contribution in [0.1, 0.15) is 25.7 Å². The van der Waals surface area contributed by atoms with Gasteiger partial charge in [-0.25, -0.2) is 9.67 Å². The first-order valence-corrected chi connectivity index (χ1v) is 7.03. The number of nitrogens with two attached hydrogens (primary N) is 1. The monoisotopic (exact) mass is 256 g/mol. The Morgan fingerprint density at radius 3 is 3.18 bits per heavy atom. The Hall–Kier alpha value is -0.590. The van der Waals surface area contributed by atoms with Crippen molar-refractivity contribution in [2.75, 3.05) is 12.3 Å².